The second-order valence-electron chi connectivity index (χ2n) is 9.85. The first-order valence-corrected chi connectivity index (χ1v) is 13.2. The molecule has 0 radical (unpaired) electrons. The molecule has 0 aliphatic carbocycles. The van der Waals surface area contributed by atoms with Crippen LogP contribution in [0.3, 0.4) is 0 Å². The molecular weight excluding hydrogens is 458 g/mol. The molecule has 0 saturated carbocycles. The van der Waals surface area contributed by atoms with E-state index in [0.29, 0.717) is 18.2 Å². The second-order valence-corrected chi connectivity index (χ2v) is 11.2. The van der Waals surface area contributed by atoms with Gasteiger partial charge in [0.2, 0.25) is 0 Å². The molecule has 0 bridgehead atoms. The van der Waals surface area contributed by atoms with Crippen molar-refractivity contribution >= 4 is 15.9 Å². The van der Waals surface area contributed by atoms with Crippen molar-refractivity contribution in [1.82, 2.24) is 0 Å². The summed E-state index contributed by atoms with van der Waals surface area (Å²) in [5, 5.41) is 0. The number of benzene rings is 3. The third-order valence-electron chi connectivity index (χ3n) is 6.56. The fourth-order valence-electron chi connectivity index (χ4n) is 4.01. The van der Waals surface area contributed by atoms with Crippen LogP contribution in [0.1, 0.15) is 43.4 Å². The Labute approximate surface area is 210 Å². The normalized spacial score (nSPS) is 12.9. The molecule has 0 saturated heterocycles. The van der Waals surface area contributed by atoms with Crippen LogP contribution in [-0.2, 0) is 20.3 Å². The van der Waals surface area contributed by atoms with Crippen LogP contribution in [0.15, 0.2) is 89.8 Å². The van der Waals surface area contributed by atoms with Crippen LogP contribution in [0.2, 0.25) is 0 Å². The highest BCUT2D eigenvalue weighted by Crippen LogP contribution is 2.40. The van der Waals surface area contributed by atoms with Gasteiger partial charge < -0.3 is 9.04 Å². The number of hydrogen-bond donors (Lipinski definition) is 0. The fraction of sp³-hybridized carbons (Fsp3) is 0.345. The summed E-state index contributed by atoms with van der Waals surface area (Å²) in [7, 11) is 2.32. The van der Waals surface area contributed by atoms with Crippen molar-refractivity contribution in [2.45, 2.75) is 50.0 Å². The molecule has 6 heteroatoms. The summed E-state index contributed by atoms with van der Waals surface area (Å²) < 4.78 is 32.0. The van der Waals surface area contributed by atoms with Crippen LogP contribution < -0.4 is 0 Å². The maximum absolute atomic E-state index is 13.3. The topological polar surface area (TPSA) is 74.3 Å². The van der Waals surface area contributed by atoms with Gasteiger partial charge in [0, 0.05) is 12.8 Å². The van der Waals surface area contributed by atoms with Gasteiger partial charge in [-0.1, -0.05) is 85.3 Å². The van der Waals surface area contributed by atoms with Crippen molar-refractivity contribution in [1.29, 1.82) is 0 Å². The summed E-state index contributed by atoms with van der Waals surface area (Å²) in [5.41, 5.74) is 2.55. The minimum absolute atomic E-state index is 0.178. The van der Waals surface area contributed by atoms with Gasteiger partial charge in [-0.15, -0.1) is 0 Å². The number of aryl methyl sites for hydroxylation is 1. The molecular formula is C29H37NO4S. The van der Waals surface area contributed by atoms with Crippen LogP contribution in [0.5, 0.6) is 0 Å². The van der Waals surface area contributed by atoms with Gasteiger partial charge >= 0.3 is 0 Å². The number of nitrogens with zero attached hydrogens (tertiary/aromatic N) is 1. The van der Waals surface area contributed by atoms with E-state index in [9.17, 15) is 17.8 Å². The minimum atomic E-state index is -4.27. The Kier molecular flexibility index (Phi) is 9.55. The van der Waals surface area contributed by atoms with Gasteiger partial charge in [0.1, 0.15) is 15.9 Å². The number of quaternary nitrogens is 1. The number of carbonyl (C=O) groups is 1. The number of Topliss-reactive ketones (excluding diaryl/α,β-unsaturated/α-hetero) is 1. The standard InChI is InChI=1S/C22H30NO.C7H8O3S/c1-6-21(24)22(17-18(2)23(3,4)5,19-13-9-7-10-14-19)20-15-11-8-12-16-20;1-6-2-4-7(5-3-6)11(8,9)10/h7-16,18H,6,17H2,1-5H3;2-5H,1H3,(H,8,9,10)/q+1;/p-1. The third kappa shape index (κ3) is 7.34. The molecule has 0 aliphatic rings. The lowest BCUT2D eigenvalue weighted by molar-refractivity contribution is -0.894. The predicted molar refractivity (Wildman–Crippen MR) is 140 cm³/mol. The van der Waals surface area contributed by atoms with Gasteiger partial charge in [-0.2, -0.15) is 0 Å². The fourth-order valence-corrected chi connectivity index (χ4v) is 4.48. The number of rotatable bonds is 8. The van der Waals surface area contributed by atoms with Gasteiger partial charge in [0.05, 0.1) is 37.5 Å². The van der Waals surface area contributed by atoms with Crippen molar-refractivity contribution in [3.8, 4) is 0 Å². The first-order valence-electron chi connectivity index (χ1n) is 11.8. The highest BCUT2D eigenvalue weighted by atomic mass is 32.2. The van der Waals surface area contributed by atoms with E-state index >= 15 is 0 Å². The molecule has 0 aromatic heterocycles. The van der Waals surface area contributed by atoms with Gasteiger partial charge in [0.25, 0.3) is 0 Å². The van der Waals surface area contributed by atoms with Gasteiger partial charge in [-0.3, -0.25) is 4.79 Å². The van der Waals surface area contributed by atoms with Gasteiger partial charge in [0.15, 0.2) is 0 Å². The lowest BCUT2D eigenvalue weighted by Crippen LogP contribution is -2.49. The Hall–Kier alpha value is -2.80. The van der Waals surface area contributed by atoms with E-state index in [1.807, 2.05) is 50.2 Å². The molecule has 0 amide bonds. The van der Waals surface area contributed by atoms with Crippen LogP contribution in [0, 0.1) is 6.92 Å². The molecule has 0 spiro atoms. The summed E-state index contributed by atoms with van der Waals surface area (Å²) >= 11 is 0. The molecule has 3 rings (SSSR count). The van der Waals surface area contributed by atoms with Gasteiger partial charge in [-0.05, 0) is 37.1 Å². The van der Waals surface area contributed by atoms with Crippen LogP contribution in [-0.4, -0.2) is 50.4 Å². The Morgan fingerprint density at radius 3 is 1.63 bits per heavy atom. The molecule has 3 aromatic rings. The highest BCUT2D eigenvalue weighted by molar-refractivity contribution is 7.85. The SMILES string of the molecule is CCC(=O)C(CC(C)[N+](C)(C)C)(c1ccccc1)c1ccccc1.Cc1ccc(S(=O)(=O)[O-])cc1. The minimum Gasteiger partial charge on any atom is -0.744 e. The van der Waals surface area contributed by atoms with E-state index in [4.69, 9.17) is 0 Å². The maximum Gasteiger partial charge on any atom is 0.147 e. The zero-order chi connectivity index (χ0) is 26.3. The quantitative estimate of drug-likeness (QED) is 0.312. The van der Waals surface area contributed by atoms with Crippen LogP contribution in [0.4, 0.5) is 0 Å². The van der Waals surface area contributed by atoms with Crippen molar-refractivity contribution in [2.24, 2.45) is 0 Å². The Balaban J connectivity index is 0.000000328. The van der Waals surface area contributed by atoms with Crippen molar-refractivity contribution in [3.63, 3.8) is 0 Å². The van der Waals surface area contributed by atoms with E-state index in [2.05, 4.69) is 52.3 Å². The number of carbonyl (C=O) groups excluding carboxylic acids is 1. The van der Waals surface area contributed by atoms with E-state index in [0.717, 1.165) is 27.6 Å². The zero-order valence-corrected chi connectivity index (χ0v) is 22.4. The van der Waals surface area contributed by atoms with Crippen molar-refractivity contribution < 1.29 is 22.2 Å². The molecule has 1 unspecified atom stereocenters. The summed E-state index contributed by atoms with van der Waals surface area (Å²) in [5.74, 6) is 0.292. The number of ketones is 1. The Bertz CT molecular complexity index is 1140. The molecule has 5 nitrogen and oxygen atoms in total. The summed E-state index contributed by atoms with van der Waals surface area (Å²) in [6, 6.07) is 26.7. The summed E-state index contributed by atoms with van der Waals surface area (Å²) in [6.45, 7) is 6.03. The van der Waals surface area contributed by atoms with Crippen LogP contribution in [0.25, 0.3) is 0 Å². The molecule has 1 atom stereocenters. The molecule has 0 aliphatic heterocycles. The molecule has 188 valence electrons. The van der Waals surface area contributed by atoms with Crippen LogP contribution >= 0.6 is 0 Å². The second kappa shape index (κ2) is 11.8. The monoisotopic (exact) mass is 495 g/mol. The van der Waals surface area contributed by atoms with Crippen molar-refractivity contribution in [2.75, 3.05) is 21.1 Å². The number of hydrogen-bond acceptors (Lipinski definition) is 4. The molecule has 0 fully saturated rings. The lowest BCUT2D eigenvalue weighted by Gasteiger charge is -2.40. The van der Waals surface area contributed by atoms with Gasteiger partial charge in [-0.25, -0.2) is 8.42 Å². The van der Waals surface area contributed by atoms with E-state index in [1.54, 1.807) is 12.1 Å². The Morgan fingerprint density at radius 1 is 0.857 bits per heavy atom. The van der Waals surface area contributed by atoms with E-state index in [-0.39, 0.29) is 4.90 Å². The summed E-state index contributed by atoms with van der Waals surface area (Å²) in [6.07, 6.45) is 1.34. The molecule has 35 heavy (non-hydrogen) atoms. The van der Waals surface area contributed by atoms with Crippen molar-refractivity contribution in [3.05, 3.63) is 102 Å². The Morgan fingerprint density at radius 2 is 1.29 bits per heavy atom. The van der Waals surface area contributed by atoms with E-state index < -0.39 is 15.5 Å². The third-order valence-corrected chi connectivity index (χ3v) is 7.41. The highest BCUT2D eigenvalue weighted by Gasteiger charge is 2.44. The predicted octanol–water partition coefficient (Wildman–Crippen LogP) is 5.34. The average Bonchev–Trinajstić information content (AvgIpc) is 2.82. The lowest BCUT2D eigenvalue weighted by atomic mass is 9.66. The molecule has 0 heterocycles. The molecule has 3 aromatic carbocycles. The smallest absolute Gasteiger partial charge is 0.147 e. The summed E-state index contributed by atoms with van der Waals surface area (Å²) in [4.78, 5) is 13.1. The largest absolute Gasteiger partial charge is 0.744 e. The zero-order valence-electron chi connectivity index (χ0n) is 21.6. The average molecular weight is 496 g/mol. The molecule has 0 N–H and O–H groups in total. The first kappa shape index (κ1) is 28.4. The first-order chi connectivity index (χ1) is 16.3. The maximum atomic E-state index is 13.3. The van der Waals surface area contributed by atoms with E-state index in [1.165, 1.54) is 12.1 Å².